The fourth-order valence-corrected chi connectivity index (χ4v) is 4.71. The second-order valence-corrected chi connectivity index (χ2v) is 7.81. The Morgan fingerprint density at radius 1 is 1.13 bits per heavy atom. The van der Waals surface area contributed by atoms with Crippen molar-refractivity contribution in [3.63, 3.8) is 0 Å². The highest BCUT2D eigenvalue weighted by atomic mass is 16.5. The third kappa shape index (κ3) is 3.36. The highest BCUT2D eigenvalue weighted by Gasteiger charge is 2.60. The molecule has 0 radical (unpaired) electrons. The average Bonchev–Trinajstić information content (AvgIpc) is 3.41. The molecule has 1 saturated heterocycles. The lowest BCUT2D eigenvalue weighted by molar-refractivity contribution is -0.159. The van der Waals surface area contributed by atoms with Crippen LogP contribution in [-0.2, 0) is 23.9 Å². The molecule has 1 saturated carbocycles. The van der Waals surface area contributed by atoms with E-state index in [4.69, 9.17) is 9.47 Å². The predicted octanol–water partition coefficient (Wildman–Crippen LogP) is 1.76. The number of para-hydroxylation sites is 2. The first-order valence-corrected chi connectivity index (χ1v) is 10.2. The molecule has 1 aliphatic heterocycles. The Balaban J connectivity index is 1.34. The highest BCUT2D eigenvalue weighted by Crippen LogP contribution is 2.52. The standard InChI is InChI=1S/C22H24N2O6/c1-3-29-16-7-5-4-6-15(16)23-17(25)11-30-22(28)12(2)24-20(26)18-13-8-9-14(10-13)19(18)21(24)27/h4-9,12-14,18-19H,3,10-11H2,1-2H3,(H,23,25)/t12-,13+,14+,18-,19+/m1/s1. The molecule has 5 atom stereocenters. The van der Waals surface area contributed by atoms with E-state index in [1.165, 1.54) is 6.92 Å². The van der Waals surface area contributed by atoms with Gasteiger partial charge < -0.3 is 14.8 Å². The fourth-order valence-electron chi connectivity index (χ4n) is 4.71. The molecule has 1 heterocycles. The summed E-state index contributed by atoms with van der Waals surface area (Å²) in [5, 5.41) is 2.63. The van der Waals surface area contributed by atoms with E-state index in [0.717, 1.165) is 11.3 Å². The number of anilines is 1. The maximum Gasteiger partial charge on any atom is 0.329 e. The second-order valence-electron chi connectivity index (χ2n) is 7.81. The summed E-state index contributed by atoms with van der Waals surface area (Å²) in [7, 11) is 0. The summed E-state index contributed by atoms with van der Waals surface area (Å²) in [4.78, 5) is 51.2. The number of benzene rings is 1. The minimum absolute atomic E-state index is 0.0702. The van der Waals surface area contributed by atoms with Crippen LogP contribution in [-0.4, -0.2) is 47.8 Å². The number of carbonyl (C=O) groups excluding carboxylic acids is 4. The van der Waals surface area contributed by atoms with Gasteiger partial charge in [-0.1, -0.05) is 24.3 Å². The van der Waals surface area contributed by atoms with Crippen LogP contribution in [0.5, 0.6) is 5.75 Å². The fraction of sp³-hybridized carbons (Fsp3) is 0.455. The van der Waals surface area contributed by atoms with E-state index in [1.54, 1.807) is 24.3 Å². The summed E-state index contributed by atoms with van der Waals surface area (Å²) in [6.45, 7) is 3.20. The predicted molar refractivity (Wildman–Crippen MR) is 106 cm³/mol. The summed E-state index contributed by atoms with van der Waals surface area (Å²) in [6.07, 6.45) is 4.81. The van der Waals surface area contributed by atoms with E-state index in [1.807, 2.05) is 19.1 Å². The number of carbonyl (C=O) groups is 4. The van der Waals surface area contributed by atoms with Gasteiger partial charge in [-0.15, -0.1) is 0 Å². The number of amides is 3. The van der Waals surface area contributed by atoms with Crippen molar-refractivity contribution < 1.29 is 28.7 Å². The average molecular weight is 412 g/mol. The third-order valence-electron chi connectivity index (χ3n) is 6.04. The van der Waals surface area contributed by atoms with Crippen LogP contribution in [0.3, 0.4) is 0 Å². The van der Waals surface area contributed by atoms with E-state index >= 15 is 0 Å². The van der Waals surface area contributed by atoms with E-state index < -0.39 is 24.5 Å². The molecule has 2 bridgehead atoms. The smallest absolute Gasteiger partial charge is 0.329 e. The number of allylic oxidation sites excluding steroid dienone is 2. The molecule has 1 aromatic carbocycles. The maximum atomic E-state index is 12.8. The number of rotatable bonds is 7. The maximum absolute atomic E-state index is 12.8. The van der Waals surface area contributed by atoms with Crippen LogP contribution in [0, 0.1) is 23.7 Å². The molecule has 8 nitrogen and oxygen atoms in total. The van der Waals surface area contributed by atoms with Crippen LogP contribution in [0.1, 0.15) is 20.3 Å². The normalized spacial score (nSPS) is 27.2. The van der Waals surface area contributed by atoms with E-state index in [9.17, 15) is 19.2 Å². The molecule has 1 aromatic rings. The van der Waals surface area contributed by atoms with Gasteiger partial charge in [-0.2, -0.15) is 0 Å². The SMILES string of the molecule is CCOc1ccccc1NC(=O)COC(=O)[C@@H](C)N1C(=O)[C@@H]2[C@H](C1=O)[C@H]1C=C[C@H]2C1. The van der Waals surface area contributed by atoms with Crippen molar-refractivity contribution in [2.45, 2.75) is 26.3 Å². The van der Waals surface area contributed by atoms with Crippen molar-refractivity contribution in [2.24, 2.45) is 23.7 Å². The van der Waals surface area contributed by atoms with Gasteiger partial charge in [0.1, 0.15) is 11.8 Å². The molecule has 8 heteroatoms. The number of nitrogens with one attached hydrogen (secondary N) is 1. The zero-order valence-corrected chi connectivity index (χ0v) is 16.9. The molecule has 2 fully saturated rings. The third-order valence-corrected chi connectivity index (χ3v) is 6.04. The molecule has 3 amide bonds. The minimum Gasteiger partial charge on any atom is -0.492 e. The summed E-state index contributed by atoms with van der Waals surface area (Å²) in [5.74, 6) is -2.06. The zero-order chi connectivity index (χ0) is 21.4. The van der Waals surface area contributed by atoms with Crippen LogP contribution in [0.25, 0.3) is 0 Å². The first-order chi connectivity index (χ1) is 14.4. The Kier molecular flexibility index (Phi) is 5.32. The molecule has 2 aliphatic carbocycles. The monoisotopic (exact) mass is 412 g/mol. The molecule has 0 unspecified atom stereocenters. The largest absolute Gasteiger partial charge is 0.492 e. The van der Waals surface area contributed by atoms with E-state index in [-0.39, 0.29) is 35.5 Å². The number of nitrogens with zero attached hydrogens (tertiary/aromatic N) is 1. The molecule has 158 valence electrons. The molecule has 3 aliphatic rings. The summed E-state index contributed by atoms with van der Waals surface area (Å²) in [5.41, 5.74) is 0.467. The number of fused-ring (bicyclic) bond motifs is 5. The minimum atomic E-state index is -1.07. The second kappa shape index (κ2) is 7.93. The van der Waals surface area contributed by atoms with Crippen LogP contribution in [0.15, 0.2) is 36.4 Å². The van der Waals surface area contributed by atoms with Gasteiger partial charge in [0.25, 0.3) is 5.91 Å². The van der Waals surface area contributed by atoms with Crippen LogP contribution >= 0.6 is 0 Å². The number of likely N-dealkylation sites (tertiary alicyclic amines) is 1. The number of hydrogen-bond donors (Lipinski definition) is 1. The molecule has 0 spiro atoms. The van der Waals surface area contributed by atoms with Crippen molar-refractivity contribution in [3.8, 4) is 5.75 Å². The Bertz CT molecular complexity index is 896. The van der Waals surface area contributed by atoms with Crippen molar-refractivity contribution in [2.75, 3.05) is 18.5 Å². The molecular weight excluding hydrogens is 388 g/mol. The highest BCUT2D eigenvalue weighted by molar-refractivity contribution is 6.09. The van der Waals surface area contributed by atoms with Crippen LogP contribution in [0.4, 0.5) is 5.69 Å². The Hall–Kier alpha value is -3.16. The van der Waals surface area contributed by atoms with Gasteiger partial charge in [-0.05, 0) is 44.2 Å². The molecule has 1 N–H and O–H groups in total. The van der Waals surface area contributed by atoms with Crippen LogP contribution in [0.2, 0.25) is 0 Å². The molecule has 30 heavy (non-hydrogen) atoms. The molecule has 4 rings (SSSR count). The Labute approximate surface area is 174 Å². The zero-order valence-electron chi connectivity index (χ0n) is 16.9. The van der Waals surface area contributed by atoms with Gasteiger partial charge in [-0.25, -0.2) is 4.79 Å². The first kappa shape index (κ1) is 20.1. The summed E-state index contributed by atoms with van der Waals surface area (Å²) < 4.78 is 10.5. The Morgan fingerprint density at radius 3 is 2.40 bits per heavy atom. The number of imide groups is 1. The van der Waals surface area contributed by atoms with Gasteiger partial charge in [0.2, 0.25) is 11.8 Å². The van der Waals surface area contributed by atoms with E-state index in [0.29, 0.717) is 18.0 Å². The number of hydrogen-bond acceptors (Lipinski definition) is 6. The number of esters is 1. The summed E-state index contributed by atoms with van der Waals surface area (Å²) >= 11 is 0. The number of ether oxygens (including phenoxy) is 2. The van der Waals surface area contributed by atoms with Gasteiger partial charge in [-0.3, -0.25) is 19.3 Å². The molecular formula is C22H24N2O6. The molecule has 0 aromatic heterocycles. The van der Waals surface area contributed by atoms with Crippen molar-refractivity contribution in [1.82, 2.24) is 4.90 Å². The van der Waals surface area contributed by atoms with Crippen molar-refractivity contribution in [1.29, 1.82) is 0 Å². The lowest BCUT2D eigenvalue weighted by atomic mass is 9.85. The van der Waals surface area contributed by atoms with Crippen molar-refractivity contribution >= 4 is 29.4 Å². The van der Waals surface area contributed by atoms with Crippen molar-refractivity contribution in [3.05, 3.63) is 36.4 Å². The quantitative estimate of drug-likeness (QED) is 0.416. The lowest BCUT2D eigenvalue weighted by Crippen LogP contribution is -2.45. The topological polar surface area (TPSA) is 102 Å². The van der Waals surface area contributed by atoms with Gasteiger partial charge in [0.15, 0.2) is 6.61 Å². The van der Waals surface area contributed by atoms with Crippen LogP contribution < -0.4 is 10.1 Å². The summed E-state index contributed by atoms with van der Waals surface area (Å²) in [6, 6.07) is 5.85. The van der Waals surface area contributed by atoms with E-state index in [2.05, 4.69) is 5.32 Å². The van der Waals surface area contributed by atoms with Gasteiger partial charge in [0, 0.05) is 0 Å². The Morgan fingerprint density at radius 2 is 1.77 bits per heavy atom. The lowest BCUT2D eigenvalue weighted by Gasteiger charge is -2.23. The first-order valence-electron chi connectivity index (χ1n) is 10.2. The van der Waals surface area contributed by atoms with Gasteiger partial charge in [0.05, 0.1) is 24.1 Å². The van der Waals surface area contributed by atoms with Gasteiger partial charge >= 0.3 is 5.97 Å².